The van der Waals surface area contributed by atoms with Crippen LogP contribution in [0.2, 0.25) is 0 Å². The van der Waals surface area contributed by atoms with Crippen LogP contribution in [0.3, 0.4) is 0 Å². The van der Waals surface area contributed by atoms with E-state index in [1.54, 1.807) is 6.08 Å². The third kappa shape index (κ3) is 9.11. The fraction of sp³-hybridized carbons (Fsp3) is 0.250. The number of hydrogen-bond acceptors (Lipinski definition) is 7. The molecule has 5 rings (SSSR count). The molecule has 4 aromatic rings. The summed E-state index contributed by atoms with van der Waals surface area (Å²) in [5.74, 6) is 6.04. The van der Waals surface area contributed by atoms with Gasteiger partial charge in [-0.05, 0) is 28.3 Å². The van der Waals surface area contributed by atoms with Crippen LogP contribution in [0.5, 0.6) is 0 Å². The van der Waals surface area contributed by atoms with Crippen molar-refractivity contribution in [3.8, 4) is 0 Å². The SMILES string of the molecule is N/N=C\C=C1/O[C@H](COCc2ccccc2)[C@@H](OCc2ccccc2)[C@H](OCc2ccccc2)[C@H]1OCc1ccccc1. The Bertz CT molecular complexity index is 1400. The molecule has 7 nitrogen and oxygen atoms in total. The van der Waals surface area contributed by atoms with E-state index in [0.29, 0.717) is 32.2 Å². The van der Waals surface area contributed by atoms with Crippen molar-refractivity contribution in [3.05, 3.63) is 155 Å². The second-order valence-electron chi connectivity index (χ2n) is 10.3. The molecule has 0 aliphatic carbocycles. The number of nitrogens with two attached hydrogens (primary N) is 1. The van der Waals surface area contributed by atoms with Crippen molar-refractivity contribution in [2.24, 2.45) is 10.9 Å². The summed E-state index contributed by atoms with van der Waals surface area (Å²) >= 11 is 0. The summed E-state index contributed by atoms with van der Waals surface area (Å²) < 4.78 is 32.6. The van der Waals surface area contributed by atoms with Gasteiger partial charge >= 0.3 is 0 Å². The normalized spacial score (nSPS) is 21.2. The predicted octanol–water partition coefficient (Wildman–Crippen LogP) is 6.19. The maximum atomic E-state index is 6.67. The van der Waals surface area contributed by atoms with E-state index in [1.807, 2.05) is 121 Å². The molecular weight excluding hydrogens is 540 g/mol. The molecule has 1 aliphatic heterocycles. The van der Waals surface area contributed by atoms with Gasteiger partial charge in [0.25, 0.3) is 0 Å². The molecule has 1 aliphatic rings. The fourth-order valence-corrected chi connectivity index (χ4v) is 4.96. The number of allylic oxidation sites excluding steroid dienone is 1. The van der Waals surface area contributed by atoms with E-state index in [2.05, 4.69) is 5.10 Å². The highest BCUT2D eigenvalue weighted by Gasteiger charge is 2.46. The number of nitrogens with zero attached hydrogens (tertiary/aromatic N) is 1. The minimum absolute atomic E-state index is 0.280. The predicted molar refractivity (Wildman–Crippen MR) is 167 cm³/mol. The van der Waals surface area contributed by atoms with E-state index in [4.69, 9.17) is 29.5 Å². The van der Waals surface area contributed by atoms with Gasteiger partial charge in [-0.1, -0.05) is 121 Å². The largest absolute Gasteiger partial charge is 0.487 e. The van der Waals surface area contributed by atoms with Crippen molar-refractivity contribution in [1.82, 2.24) is 0 Å². The lowest BCUT2D eigenvalue weighted by Crippen LogP contribution is -2.56. The van der Waals surface area contributed by atoms with Gasteiger partial charge < -0.3 is 29.5 Å². The van der Waals surface area contributed by atoms with E-state index < -0.39 is 24.4 Å². The summed E-state index contributed by atoms with van der Waals surface area (Å²) in [5, 5.41) is 3.68. The lowest BCUT2D eigenvalue weighted by Gasteiger charge is -2.43. The Kier molecular flexibility index (Phi) is 11.5. The van der Waals surface area contributed by atoms with Crippen molar-refractivity contribution in [3.63, 3.8) is 0 Å². The Balaban J connectivity index is 1.44. The second-order valence-corrected chi connectivity index (χ2v) is 10.3. The third-order valence-corrected chi connectivity index (χ3v) is 7.12. The summed E-state index contributed by atoms with van der Waals surface area (Å²) in [4.78, 5) is 0. The molecular formula is C36H38N2O5. The number of benzene rings is 4. The van der Waals surface area contributed by atoms with E-state index in [-0.39, 0.29) is 6.61 Å². The Labute approximate surface area is 253 Å². The quantitative estimate of drug-likeness (QED) is 0.109. The summed E-state index contributed by atoms with van der Waals surface area (Å²) in [6.07, 6.45) is 1.12. The minimum Gasteiger partial charge on any atom is -0.487 e. The van der Waals surface area contributed by atoms with Gasteiger partial charge in [-0.2, -0.15) is 5.10 Å². The van der Waals surface area contributed by atoms with Crippen LogP contribution in [0.25, 0.3) is 0 Å². The molecule has 2 N–H and O–H groups in total. The van der Waals surface area contributed by atoms with Crippen LogP contribution in [0, 0.1) is 0 Å². The summed E-state index contributed by atoms with van der Waals surface area (Å²) in [5.41, 5.74) is 4.20. The van der Waals surface area contributed by atoms with Crippen LogP contribution in [0.1, 0.15) is 22.3 Å². The molecule has 0 saturated carbocycles. The molecule has 1 saturated heterocycles. The van der Waals surface area contributed by atoms with Crippen LogP contribution in [0.15, 0.2) is 138 Å². The number of ether oxygens (including phenoxy) is 5. The smallest absolute Gasteiger partial charge is 0.150 e. The average molecular weight is 579 g/mol. The Morgan fingerprint density at radius 2 is 1.02 bits per heavy atom. The highest BCUT2D eigenvalue weighted by molar-refractivity contribution is 5.71. The molecule has 0 spiro atoms. The molecule has 4 atom stereocenters. The topological polar surface area (TPSA) is 84.5 Å². The molecule has 0 aromatic heterocycles. The zero-order valence-corrected chi connectivity index (χ0v) is 24.1. The highest BCUT2D eigenvalue weighted by Crippen LogP contribution is 2.33. The first-order valence-corrected chi connectivity index (χ1v) is 14.5. The molecule has 0 unspecified atom stereocenters. The van der Waals surface area contributed by atoms with Crippen molar-refractivity contribution in [2.45, 2.75) is 50.8 Å². The zero-order valence-electron chi connectivity index (χ0n) is 24.1. The number of hydrazone groups is 1. The van der Waals surface area contributed by atoms with Crippen LogP contribution in [-0.2, 0) is 50.1 Å². The van der Waals surface area contributed by atoms with Gasteiger partial charge in [0.1, 0.15) is 24.1 Å². The molecule has 4 aromatic carbocycles. The molecule has 0 amide bonds. The Morgan fingerprint density at radius 3 is 1.51 bits per heavy atom. The third-order valence-electron chi connectivity index (χ3n) is 7.12. The lowest BCUT2D eigenvalue weighted by molar-refractivity contribution is -0.223. The van der Waals surface area contributed by atoms with Gasteiger partial charge in [0, 0.05) is 6.21 Å². The van der Waals surface area contributed by atoms with Crippen LogP contribution in [0.4, 0.5) is 0 Å². The molecule has 222 valence electrons. The van der Waals surface area contributed by atoms with Crippen LogP contribution < -0.4 is 5.84 Å². The van der Waals surface area contributed by atoms with Crippen LogP contribution >= 0.6 is 0 Å². The number of hydrogen-bond donors (Lipinski definition) is 1. The average Bonchev–Trinajstić information content (AvgIpc) is 3.07. The first-order valence-electron chi connectivity index (χ1n) is 14.5. The van der Waals surface area contributed by atoms with Crippen molar-refractivity contribution < 1.29 is 23.7 Å². The first-order chi connectivity index (χ1) is 21.3. The Hall–Kier alpha value is -4.27. The van der Waals surface area contributed by atoms with Crippen LogP contribution in [-0.4, -0.2) is 37.2 Å². The molecule has 0 bridgehead atoms. The zero-order chi connectivity index (χ0) is 29.5. The van der Waals surface area contributed by atoms with E-state index in [9.17, 15) is 0 Å². The molecule has 1 fully saturated rings. The summed E-state index contributed by atoms with van der Waals surface area (Å²) in [6.45, 7) is 1.83. The summed E-state index contributed by atoms with van der Waals surface area (Å²) in [6, 6.07) is 40.2. The minimum atomic E-state index is -0.590. The standard InChI is InChI=1S/C36H38N2O5/c37-38-22-21-32-34(40-24-29-15-7-2-8-16-29)36(42-26-31-19-11-4-12-20-31)35(41-25-30-17-9-3-10-18-30)33(43-32)27-39-23-28-13-5-1-6-14-28/h1-22,33-36H,23-27,37H2/b32-21-,38-22-/t33-,34+,35-,36-/m1/s1. The van der Waals surface area contributed by atoms with Gasteiger partial charge in [0.05, 0.1) is 33.0 Å². The van der Waals surface area contributed by atoms with Crippen molar-refractivity contribution in [2.75, 3.05) is 6.61 Å². The molecule has 0 radical (unpaired) electrons. The molecule has 1 heterocycles. The lowest BCUT2D eigenvalue weighted by atomic mass is 9.96. The first kappa shape index (κ1) is 30.2. The highest BCUT2D eigenvalue weighted by atomic mass is 16.6. The Morgan fingerprint density at radius 1 is 0.581 bits per heavy atom. The maximum Gasteiger partial charge on any atom is 0.150 e. The molecule has 43 heavy (non-hydrogen) atoms. The van der Waals surface area contributed by atoms with Gasteiger partial charge in [-0.15, -0.1) is 0 Å². The monoisotopic (exact) mass is 578 g/mol. The molecule has 7 heteroatoms. The van der Waals surface area contributed by atoms with Gasteiger partial charge in [0.15, 0.2) is 6.10 Å². The van der Waals surface area contributed by atoms with Crippen molar-refractivity contribution >= 4 is 6.21 Å². The van der Waals surface area contributed by atoms with Gasteiger partial charge in [-0.25, -0.2) is 0 Å². The summed E-state index contributed by atoms with van der Waals surface area (Å²) in [7, 11) is 0. The van der Waals surface area contributed by atoms with E-state index in [0.717, 1.165) is 22.3 Å². The van der Waals surface area contributed by atoms with E-state index >= 15 is 0 Å². The number of rotatable bonds is 14. The van der Waals surface area contributed by atoms with E-state index in [1.165, 1.54) is 6.21 Å². The van der Waals surface area contributed by atoms with Gasteiger partial charge in [-0.3, -0.25) is 0 Å². The fourth-order valence-electron chi connectivity index (χ4n) is 4.96. The maximum absolute atomic E-state index is 6.67. The second kappa shape index (κ2) is 16.4. The van der Waals surface area contributed by atoms with Crippen molar-refractivity contribution in [1.29, 1.82) is 0 Å². The van der Waals surface area contributed by atoms with Gasteiger partial charge in [0.2, 0.25) is 0 Å².